The van der Waals surface area contributed by atoms with Crippen molar-refractivity contribution in [3.8, 4) is 0 Å². The molecule has 8 nitrogen and oxygen atoms in total. The zero-order chi connectivity index (χ0) is 25.1. The SMILES string of the molecule is Cn1ccnc1[C@@H]1CCCCN1C(=O)C[C@@]1(c2ccccc2)CC(=O)N(CCc2ccccn2)C1=O. The molecule has 5 rings (SSSR count). The van der Waals surface area contributed by atoms with E-state index >= 15 is 0 Å². The van der Waals surface area contributed by atoms with Crippen molar-refractivity contribution in [2.24, 2.45) is 7.05 Å². The van der Waals surface area contributed by atoms with Crippen molar-refractivity contribution in [3.63, 3.8) is 0 Å². The van der Waals surface area contributed by atoms with Gasteiger partial charge in [-0.25, -0.2) is 4.98 Å². The lowest BCUT2D eigenvalue weighted by Crippen LogP contribution is -2.46. The lowest BCUT2D eigenvalue weighted by molar-refractivity contribution is -0.144. The number of aryl methyl sites for hydroxylation is 1. The molecule has 0 aliphatic carbocycles. The Morgan fingerprint density at radius 3 is 2.56 bits per heavy atom. The van der Waals surface area contributed by atoms with E-state index in [9.17, 15) is 14.4 Å². The highest BCUT2D eigenvalue weighted by molar-refractivity contribution is 6.10. The Balaban J connectivity index is 1.43. The number of nitrogens with zero attached hydrogens (tertiary/aromatic N) is 5. The number of rotatable bonds is 7. The summed E-state index contributed by atoms with van der Waals surface area (Å²) < 4.78 is 1.95. The van der Waals surface area contributed by atoms with Gasteiger partial charge in [-0.05, 0) is 37.0 Å². The van der Waals surface area contributed by atoms with Crippen LogP contribution in [0.15, 0.2) is 67.1 Å². The van der Waals surface area contributed by atoms with Crippen LogP contribution in [0, 0.1) is 0 Å². The lowest BCUT2D eigenvalue weighted by atomic mass is 9.75. The van der Waals surface area contributed by atoms with Crippen LogP contribution in [0.4, 0.5) is 0 Å². The van der Waals surface area contributed by atoms with Crippen LogP contribution in [0.1, 0.15) is 55.2 Å². The average molecular weight is 486 g/mol. The predicted molar refractivity (Wildman–Crippen MR) is 134 cm³/mol. The molecule has 3 amide bonds. The van der Waals surface area contributed by atoms with Crippen LogP contribution in [0.25, 0.3) is 0 Å². The first-order valence-electron chi connectivity index (χ1n) is 12.6. The van der Waals surface area contributed by atoms with Crippen LogP contribution in [-0.4, -0.2) is 55.1 Å². The number of aromatic nitrogens is 3. The summed E-state index contributed by atoms with van der Waals surface area (Å²) in [5.74, 6) is 0.197. The van der Waals surface area contributed by atoms with E-state index in [1.54, 1.807) is 12.4 Å². The van der Waals surface area contributed by atoms with Crippen LogP contribution in [-0.2, 0) is 33.3 Å². The number of carbonyl (C=O) groups excluding carboxylic acids is 3. The van der Waals surface area contributed by atoms with Crippen molar-refractivity contribution in [2.75, 3.05) is 13.1 Å². The Kier molecular flexibility index (Phi) is 6.67. The van der Waals surface area contributed by atoms with Gasteiger partial charge in [-0.1, -0.05) is 36.4 Å². The summed E-state index contributed by atoms with van der Waals surface area (Å²) in [4.78, 5) is 53.0. The molecule has 1 aromatic carbocycles. The number of imide groups is 1. The second-order valence-electron chi connectivity index (χ2n) is 9.72. The third-order valence-electron chi connectivity index (χ3n) is 7.49. The van der Waals surface area contributed by atoms with E-state index in [0.717, 1.165) is 30.8 Å². The Labute approximate surface area is 211 Å². The van der Waals surface area contributed by atoms with E-state index in [-0.39, 0.29) is 43.1 Å². The van der Waals surface area contributed by atoms with Crippen molar-refractivity contribution < 1.29 is 14.4 Å². The van der Waals surface area contributed by atoms with Crippen LogP contribution in [0.5, 0.6) is 0 Å². The summed E-state index contributed by atoms with van der Waals surface area (Å²) in [7, 11) is 1.93. The molecule has 0 bridgehead atoms. The predicted octanol–water partition coefficient (Wildman–Crippen LogP) is 3.20. The second-order valence-corrected chi connectivity index (χ2v) is 9.72. The monoisotopic (exact) mass is 485 g/mol. The van der Waals surface area contributed by atoms with Gasteiger partial charge in [-0.2, -0.15) is 0 Å². The number of carbonyl (C=O) groups is 3. The number of piperidine rings is 1. The number of imidazole rings is 1. The Morgan fingerprint density at radius 1 is 1.03 bits per heavy atom. The molecule has 2 aromatic heterocycles. The first-order valence-corrected chi connectivity index (χ1v) is 12.6. The molecule has 0 saturated carbocycles. The van der Waals surface area contributed by atoms with Gasteiger partial charge in [0.25, 0.3) is 0 Å². The van der Waals surface area contributed by atoms with Gasteiger partial charge in [0.15, 0.2) is 0 Å². The number of pyridine rings is 1. The molecule has 2 fully saturated rings. The van der Waals surface area contributed by atoms with Crippen LogP contribution in [0.3, 0.4) is 0 Å². The minimum atomic E-state index is -1.21. The molecule has 8 heteroatoms. The van der Waals surface area contributed by atoms with Crippen molar-refractivity contribution in [3.05, 3.63) is 84.2 Å². The van der Waals surface area contributed by atoms with Crippen LogP contribution in [0.2, 0.25) is 0 Å². The number of hydrogen-bond donors (Lipinski definition) is 0. The zero-order valence-corrected chi connectivity index (χ0v) is 20.5. The Bertz CT molecular complexity index is 1240. The number of hydrogen-bond acceptors (Lipinski definition) is 5. The third kappa shape index (κ3) is 4.43. The largest absolute Gasteiger partial charge is 0.336 e. The maximum atomic E-state index is 13.9. The zero-order valence-electron chi connectivity index (χ0n) is 20.5. The molecule has 0 spiro atoms. The molecule has 0 unspecified atom stereocenters. The highest BCUT2D eigenvalue weighted by Crippen LogP contribution is 2.41. The van der Waals surface area contributed by atoms with E-state index in [0.29, 0.717) is 18.5 Å². The van der Waals surface area contributed by atoms with E-state index in [4.69, 9.17) is 0 Å². The van der Waals surface area contributed by atoms with Crippen LogP contribution >= 0.6 is 0 Å². The fourth-order valence-corrected chi connectivity index (χ4v) is 5.58. The topological polar surface area (TPSA) is 88.4 Å². The maximum absolute atomic E-state index is 13.9. The van der Waals surface area contributed by atoms with Gasteiger partial charge in [0.05, 0.1) is 11.5 Å². The number of benzene rings is 1. The molecule has 4 heterocycles. The molecule has 3 aromatic rings. The summed E-state index contributed by atoms with van der Waals surface area (Å²) in [5, 5.41) is 0. The van der Waals surface area contributed by atoms with Gasteiger partial charge >= 0.3 is 0 Å². The average Bonchev–Trinajstić information content (AvgIpc) is 3.44. The summed E-state index contributed by atoms with van der Waals surface area (Å²) in [5.41, 5.74) is 0.323. The smallest absolute Gasteiger partial charge is 0.240 e. The number of likely N-dealkylation sites (tertiary alicyclic amines) is 2. The van der Waals surface area contributed by atoms with Crippen molar-refractivity contribution in [1.29, 1.82) is 0 Å². The minimum Gasteiger partial charge on any atom is -0.336 e. The molecule has 0 N–H and O–H groups in total. The van der Waals surface area contributed by atoms with Gasteiger partial charge < -0.3 is 9.47 Å². The second kappa shape index (κ2) is 10.0. The minimum absolute atomic E-state index is 0.00921. The number of amides is 3. The lowest BCUT2D eigenvalue weighted by Gasteiger charge is -2.37. The fraction of sp³-hybridized carbons (Fsp3) is 0.393. The molecule has 2 atom stereocenters. The van der Waals surface area contributed by atoms with Gasteiger partial charge in [0, 0.05) is 63.7 Å². The first-order chi connectivity index (χ1) is 17.5. The maximum Gasteiger partial charge on any atom is 0.240 e. The normalized spacial score (nSPS) is 22.3. The van der Waals surface area contributed by atoms with Crippen molar-refractivity contribution in [2.45, 2.75) is 50.0 Å². The molecular formula is C28H31N5O3. The molecule has 2 aliphatic rings. The van der Waals surface area contributed by atoms with Crippen LogP contribution < -0.4 is 0 Å². The van der Waals surface area contributed by atoms with Gasteiger partial charge in [-0.15, -0.1) is 0 Å². The van der Waals surface area contributed by atoms with E-state index < -0.39 is 5.41 Å². The molecule has 2 saturated heterocycles. The van der Waals surface area contributed by atoms with E-state index in [1.807, 2.05) is 71.2 Å². The summed E-state index contributed by atoms with van der Waals surface area (Å²) >= 11 is 0. The Hall–Kier alpha value is -3.81. The summed E-state index contributed by atoms with van der Waals surface area (Å²) in [6.45, 7) is 0.865. The van der Waals surface area contributed by atoms with Gasteiger partial charge in [-0.3, -0.25) is 24.3 Å². The standard InChI is InChI=1S/C28H31N5O3/c1-31-18-15-30-26(31)23-12-6-8-16-32(23)24(34)19-28(21-9-3-2-4-10-21)20-25(35)33(27(28)36)17-13-22-11-5-7-14-29-22/h2-5,7,9-11,14-15,18,23H,6,8,12-13,16-17,19-20H2,1H3/t23-,28-/m0/s1. The molecule has 0 radical (unpaired) electrons. The fourth-order valence-electron chi connectivity index (χ4n) is 5.58. The summed E-state index contributed by atoms with van der Waals surface area (Å²) in [6, 6.07) is 14.8. The van der Waals surface area contributed by atoms with Gasteiger partial charge in [0.1, 0.15) is 5.82 Å². The quantitative estimate of drug-likeness (QED) is 0.480. The molecule has 2 aliphatic heterocycles. The first kappa shape index (κ1) is 23.9. The molecule has 186 valence electrons. The van der Waals surface area contributed by atoms with E-state index in [1.165, 1.54) is 4.90 Å². The molecular weight excluding hydrogens is 454 g/mol. The van der Waals surface area contributed by atoms with Crippen molar-refractivity contribution in [1.82, 2.24) is 24.3 Å². The molecule has 36 heavy (non-hydrogen) atoms. The highest BCUT2D eigenvalue weighted by Gasteiger charge is 2.54. The van der Waals surface area contributed by atoms with Crippen molar-refractivity contribution >= 4 is 17.7 Å². The Morgan fingerprint density at radius 2 is 1.83 bits per heavy atom. The third-order valence-corrected chi connectivity index (χ3v) is 7.49. The highest BCUT2D eigenvalue weighted by atomic mass is 16.2. The summed E-state index contributed by atoms with van der Waals surface area (Å²) in [6.07, 6.45) is 8.52. The van der Waals surface area contributed by atoms with E-state index in [2.05, 4.69) is 9.97 Å². The van der Waals surface area contributed by atoms with Gasteiger partial charge in [0.2, 0.25) is 17.7 Å².